The smallest absolute Gasteiger partial charge is 0.291 e. The minimum atomic E-state index is -0.327. The standard InChI is InChI=1S/C20H19N3O3S/c1-12(2)18(24)23-20(27)22-15-9-7-14(8-10-15)21-19(25)17-11-13-5-3-4-6-16(13)26-17/h3-12H,1-2H3,(H,21,25)(H2,22,23,24,27). The van der Waals surface area contributed by atoms with Gasteiger partial charge in [0.05, 0.1) is 0 Å². The van der Waals surface area contributed by atoms with Gasteiger partial charge in [-0.25, -0.2) is 0 Å². The highest BCUT2D eigenvalue weighted by atomic mass is 32.1. The van der Waals surface area contributed by atoms with E-state index >= 15 is 0 Å². The van der Waals surface area contributed by atoms with E-state index in [9.17, 15) is 9.59 Å². The summed E-state index contributed by atoms with van der Waals surface area (Å²) >= 11 is 5.10. The van der Waals surface area contributed by atoms with Gasteiger partial charge in [0.15, 0.2) is 10.9 Å². The van der Waals surface area contributed by atoms with Crippen molar-refractivity contribution in [2.24, 2.45) is 5.92 Å². The van der Waals surface area contributed by atoms with Gasteiger partial charge in [-0.05, 0) is 48.6 Å². The Morgan fingerprint density at radius 1 is 0.963 bits per heavy atom. The molecular formula is C20H19N3O3S. The second-order valence-electron chi connectivity index (χ2n) is 6.28. The first-order valence-corrected chi connectivity index (χ1v) is 8.85. The van der Waals surface area contributed by atoms with E-state index in [2.05, 4.69) is 16.0 Å². The van der Waals surface area contributed by atoms with Gasteiger partial charge in [-0.1, -0.05) is 32.0 Å². The summed E-state index contributed by atoms with van der Waals surface area (Å²) in [6.07, 6.45) is 0. The SMILES string of the molecule is CC(C)C(=O)NC(=S)Nc1ccc(NC(=O)c2cc3ccccc3o2)cc1. The molecule has 0 bridgehead atoms. The van der Waals surface area contributed by atoms with Crippen molar-refractivity contribution >= 4 is 51.5 Å². The molecule has 0 aliphatic carbocycles. The predicted molar refractivity (Wildman–Crippen MR) is 110 cm³/mol. The van der Waals surface area contributed by atoms with Gasteiger partial charge in [0.1, 0.15) is 5.58 Å². The fourth-order valence-electron chi connectivity index (χ4n) is 2.34. The zero-order valence-electron chi connectivity index (χ0n) is 14.9. The fourth-order valence-corrected chi connectivity index (χ4v) is 2.56. The molecule has 27 heavy (non-hydrogen) atoms. The molecule has 0 saturated carbocycles. The third-order valence-corrected chi connectivity index (χ3v) is 4.02. The van der Waals surface area contributed by atoms with Crippen molar-refractivity contribution in [3.8, 4) is 0 Å². The van der Waals surface area contributed by atoms with Crippen LogP contribution in [0.15, 0.2) is 59.0 Å². The lowest BCUT2D eigenvalue weighted by atomic mass is 10.2. The lowest BCUT2D eigenvalue weighted by molar-refractivity contribution is -0.122. The number of benzene rings is 2. The summed E-state index contributed by atoms with van der Waals surface area (Å²) in [5.74, 6) is -0.384. The summed E-state index contributed by atoms with van der Waals surface area (Å²) < 4.78 is 5.55. The van der Waals surface area contributed by atoms with Crippen molar-refractivity contribution in [3.05, 3.63) is 60.4 Å². The number of thiocarbonyl (C=S) groups is 1. The summed E-state index contributed by atoms with van der Waals surface area (Å²) in [5, 5.41) is 9.42. The molecule has 3 aromatic rings. The van der Waals surface area contributed by atoms with Crippen molar-refractivity contribution in [2.75, 3.05) is 10.6 Å². The summed E-state index contributed by atoms with van der Waals surface area (Å²) in [4.78, 5) is 24.0. The molecule has 0 spiro atoms. The molecule has 6 nitrogen and oxygen atoms in total. The van der Waals surface area contributed by atoms with Crippen LogP contribution in [-0.4, -0.2) is 16.9 Å². The number of carbonyl (C=O) groups excluding carboxylic acids is 2. The Balaban J connectivity index is 1.61. The highest BCUT2D eigenvalue weighted by molar-refractivity contribution is 7.80. The first kappa shape index (κ1) is 18.6. The van der Waals surface area contributed by atoms with E-state index in [1.54, 1.807) is 44.2 Å². The minimum absolute atomic E-state index is 0.151. The number of nitrogens with one attached hydrogen (secondary N) is 3. The van der Waals surface area contributed by atoms with Gasteiger partial charge < -0.3 is 20.4 Å². The van der Waals surface area contributed by atoms with Crippen LogP contribution in [0, 0.1) is 5.92 Å². The number of furan rings is 1. The zero-order valence-corrected chi connectivity index (χ0v) is 15.7. The van der Waals surface area contributed by atoms with Gasteiger partial charge in [-0.3, -0.25) is 9.59 Å². The topological polar surface area (TPSA) is 83.4 Å². The number of hydrogen-bond donors (Lipinski definition) is 3. The number of para-hydroxylation sites is 1. The second kappa shape index (κ2) is 8.01. The van der Waals surface area contributed by atoms with Crippen molar-refractivity contribution in [3.63, 3.8) is 0 Å². The van der Waals surface area contributed by atoms with E-state index in [0.29, 0.717) is 17.0 Å². The van der Waals surface area contributed by atoms with Crippen LogP contribution in [0.3, 0.4) is 0 Å². The Hall–Kier alpha value is -3.19. The highest BCUT2D eigenvalue weighted by Gasteiger charge is 2.12. The third kappa shape index (κ3) is 4.71. The van der Waals surface area contributed by atoms with Crippen LogP contribution in [0.1, 0.15) is 24.4 Å². The van der Waals surface area contributed by atoms with Crippen molar-refractivity contribution in [2.45, 2.75) is 13.8 Å². The van der Waals surface area contributed by atoms with Crippen LogP contribution in [0.25, 0.3) is 11.0 Å². The summed E-state index contributed by atoms with van der Waals surface area (Å²) in [5.41, 5.74) is 1.98. The molecule has 0 fully saturated rings. The molecule has 3 N–H and O–H groups in total. The zero-order chi connectivity index (χ0) is 19.4. The minimum Gasteiger partial charge on any atom is -0.451 e. The van der Waals surface area contributed by atoms with Crippen LogP contribution in [0.5, 0.6) is 0 Å². The molecule has 7 heteroatoms. The molecule has 138 valence electrons. The van der Waals surface area contributed by atoms with Crippen LogP contribution in [-0.2, 0) is 4.79 Å². The van der Waals surface area contributed by atoms with Crippen molar-refractivity contribution < 1.29 is 14.0 Å². The molecule has 2 amide bonds. The lowest BCUT2D eigenvalue weighted by Gasteiger charge is -2.11. The molecular weight excluding hydrogens is 362 g/mol. The highest BCUT2D eigenvalue weighted by Crippen LogP contribution is 2.20. The van der Waals surface area contributed by atoms with E-state index < -0.39 is 0 Å². The molecule has 1 aromatic heterocycles. The molecule has 0 radical (unpaired) electrons. The number of rotatable bonds is 4. The summed E-state index contributed by atoms with van der Waals surface area (Å²) in [6.45, 7) is 3.58. The Kier molecular flexibility index (Phi) is 5.52. The molecule has 0 atom stereocenters. The van der Waals surface area contributed by atoms with Gasteiger partial charge >= 0.3 is 0 Å². The Morgan fingerprint density at radius 2 is 1.59 bits per heavy atom. The summed E-state index contributed by atoms with van der Waals surface area (Å²) in [6, 6.07) is 16.1. The molecule has 0 unspecified atom stereocenters. The average molecular weight is 381 g/mol. The van der Waals surface area contributed by atoms with Gasteiger partial charge in [0, 0.05) is 22.7 Å². The number of amides is 2. The summed E-state index contributed by atoms with van der Waals surface area (Å²) in [7, 11) is 0. The van der Waals surface area contributed by atoms with E-state index in [0.717, 1.165) is 5.39 Å². The third-order valence-electron chi connectivity index (χ3n) is 3.81. The maximum absolute atomic E-state index is 12.3. The predicted octanol–water partition coefficient (Wildman–Crippen LogP) is 4.15. The Morgan fingerprint density at radius 3 is 2.22 bits per heavy atom. The van der Waals surface area contributed by atoms with Gasteiger partial charge in [-0.15, -0.1) is 0 Å². The number of fused-ring (bicyclic) bond motifs is 1. The monoisotopic (exact) mass is 381 g/mol. The Labute approximate surface area is 161 Å². The molecule has 0 saturated heterocycles. The first-order chi connectivity index (χ1) is 12.9. The number of anilines is 2. The van der Waals surface area contributed by atoms with Gasteiger partial charge in [0.25, 0.3) is 5.91 Å². The normalized spacial score (nSPS) is 10.6. The lowest BCUT2D eigenvalue weighted by Crippen LogP contribution is -2.36. The van der Waals surface area contributed by atoms with Crippen LogP contribution in [0.2, 0.25) is 0 Å². The number of carbonyl (C=O) groups is 2. The first-order valence-electron chi connectivity index (χ1n) is 8.44. The Bertz CT molecular complexity index is 960. The van der Waals surface area contributed by atoms with Crippen LogP contribution >= 0.6 is 12.2 Å². The van der Waals surface area contributed by atoms with Gasteiger partial charge in [-0.2, -0.15) is 0 Å². The van der Waals surface area contributed by atoms with E-state index in [1.807, 2.05) is 24.3 Å². The van der Waals surface area contributed by atoms with Crippen LogP contribution < -0.4 is 16.0 Å². The van der Waals surface area contributed by atoms with Crippen LogP contribution in [0.4, 0.5) is 11.4 Å². The van der Waals surface area contributed by atoms with Gasteiger partial charge in [0.2, 0.25) is 5.91 Å². The molecule has 3 rings (SSSR count). The van der Waals surface area contributed by atoms with E-state index in [1.165, 1.54) is 0 Å². The second-order valence-corrected chi connectivity index (χ2v) is 6.69. The maximum atomic E-state index is 12.3. The van der Waals surface area contributed by atoms with E-state index in [-0.39, 0.29) is 28.6 Å². The maximum Gasteiger partial charge on any atom is 0.291 e. The number of hydrogen-bond acceptors (Lipinski definition) is 4. The molecule has 1 heterocycles. The quantitative estimate of drug-likeness (QED) is 0.591. The largest absolute Gasteiger partial charge is 0.451 e. The van der Waals surface area contributed by atoms with Crippen molar-refractivity contribution in [1.82, 2.24) is 5.32 Å². The molecule has 0 aliphatic heterocycles. The molecule has 0 aliphatic rings. The molecule has 2 aromatic carbocycles. The fraction of sp³-hybridized carbons (Fsp3) is 0.150. The average Bonchev–Trinajstić information content (AvgIpc) is 3.07. The van der Waals surface area contributed by atoms with Crippen molar-refractivity contribution in [1.29, 1.82) is 0 Å². The van der Waals surface area contributed by atoms with E-state index in [4.69, 9.17) is 16.6 Å².